The van der Waals surface area contributed by atoms with E-state index in [2.05, 4.69) is 10.4 Å². The first-order chi connectivity index (χ1) is 13.9. The Kier molecular flexibility index (Phi) is 5.27. The SMILES string of the molecule is O=C(Nc1ccccc1-n1cccn1)N1CCN(C(=O)[C@H]2CCS(=O)(=O)C2)CC1. The summed E-state index contributed by atoms with van der Waals surface area (Å²) in [6.07, 6.45) is 3.87. The Morgan fingerprint density at radius 3 is 2.41 bits per heavy atom. The number of benzene rings is 1. The van der Waals surface area contributed by atoms with Crippen molar-refractivity contribution in [1.82, 2.24) is 19.6 Å². The molecule has 2 fully saturated rings. The first-order valence-corrected chi connectivity index (χ1v) is 11.4. The summed E-state index contributed by atoms with van der Waals surface area (Å²) < 4.78 is 24.9. The smallest absolute Gasteiger partial charge is 0.322 e. The van der Waals surface area contributed by atoms with Gasteiger partial charge in [-0.15, -0.1) is 0 Å². The number of sulfone groups is 1. The lowest BCUT2D eigenvalue weighted by Gasteiger charge is -2.35. The summed E-state index contributed by atoms with van der Waals surface area (Å²) in [6, 6.07) is 8.98. The van der Waals surface area contributed by atoms with Gasteiger partial charge in [0, 0.05) is 38.6 Å². The maximum atomic E-state index is 12.7. The molecule has 154 valence electrons. The number of amides is 3. The van der Waals surface area contributed by atoms with E-state index in [1.165, 1.54) is 0 Å². The summed E-state index contributed by atoms with van der Waals surface area (Å²) in [5, 5.41) is 7.13. The molecule has 10 heteroatoms. The van der Waals surface area contributed by atoms with Crippen LogP contribution < -0.4 is 5.32 Å². The Bertz CT molecular complexity index is 997. The van der Waals surface area contributed by atoms with Crippen molar-refractivity contribution in [3.05, 3.63) is 42.7 Å². The van der Waals surface area contributed by atoms with Crippen molar-refractivity contribution in [2.24, 2.45) is 5.92 Å². The lowest BCUT2D eigenvalue weighted by molar-refractivity contribution is -0.136. The fourth-order valence-corrected chi connectivity index (χ4v) is 5.50. The number of carbonyl (C=O) groups is 2. The molecule has 1 aromatic heterocycles. The van der Waals surface area contributed by atoms with E-state index in [9.17, 15) is 18.0 Å². The van der Waals surface area contributed by atoms with E-state index in [4.69, 9.17) is 0 Å². The minimum atomic E-state index is -3.09. The molecule has 29 heavy (non-hydrogen) atoms. The van der Waals surface area contributed by atoms with Crippen molar-refractivity contribution in [2.75, 3.05) is 43.0 Å². The standard InChI is InChI=1S/C19H23N5O4S/c25-18(15-6-13-29(27,28)14-15)22-9-11-23(12-10-22)19(26)21-16-4-1-2-5-17(16)24-8-3-7-20-24/h1-5,7-8,15H,6,9-14H2,(H,21,26)/t15-/m0/s1. The molecule has 0 spiro atoms. The number of rotatable bonds is 3. The zero-order valence-electron chi connectivity index (χ0n) is 15.9. The van der Waals surface area contributed by atoms with Crippen LogP contribution in [0.5, 0.6) is 0 Å². The van der Waals surface area contributed by atoms with Gasteiger partial charge in [0.05, 0.1) is 28.8 Å². The molecule has 0 radical (unpaired) electrons. The number of anilines is 1. The van der Waals surface area contributed by atoms with Crippen LogP contribution >= 0.6 is 0 Å². The van der Waals surface area contributed by atoms with E-state index in [1.807, 2.05) is 30.3 Å². The highest BCUT2D eigenvalue weighted by atomic mass is 32.2. The molecule has 2 aliphatic heterocycles. The molecule has 0 bridgehead atoms. The highest BCUT2D eigenvalue weighted by molar-refractivity contribution is 7.91. The fourth-order valence-electron chi connectivity index (χ4n) is 3.76. The number of hydrogen-bond acceptors (Lipinski definition) is 5. The predicted octanol–water partition coefficient (Wildman–Crippen LogP) is 0.983. The number of urea groups is 1. The van der Waals surface area contributed by atoms with E-state index in [-0.39, 0.29) is 23.4 Å². The average Bonchev–Trinajstić information content (AvgIpc) is 3.37. The lowest BCUT2D eigenvalue weighted by atomic mass is 10.1. The van der Waals surface area contributed by atoms with Crippen LogP contribution in [0.4, 0.5) is 10.5 Å². The Labute approximate surface area is 169 Å². The first-order valence-electron chi connectivity index (χ1n) is 9.57. The molecular weight excluding hydrogens is 394 g/mol. The van der Waals surface area contributed by atoms with Gasteiger partial charge in [-0.1, -0.05) is 12.1 Å². The molecule has 0 aliphatic carbocycles. The van der Waals surface area contributed by atoms with Crippen LogP contribution in [0.25, 0.3) is 5.69 Å². The number of nitrogens with one attached hydrogen (secondary N) is 1. The monoisotopic (exact) mass is 417 g/mol. The summed E-state index contributed by atoms with van der Waals surface area (Å²) in [7, 11) is -3.09. The van der Waals surface area contributed by atoms with Crippen LogP contribution in [0, 0.1) is 5.92 Å². The van der Waals surface area contributed by atoms with Gasteiger partial charge in [0.25, 0.3) is 0 Å². The molecule has 1 aromatic carbocycles. The van der Waals surface area contributed by atoms with E-state index in [0.717, 1.165) is 5.69 Å². The van der Waals surface area contributed by atoms with Gasteiger partial charge in [0.2, 0.25) is 5.91 Å². The second-order valence-corrected chi connectivity index (χ2v) is 9.54. The summed E-state index contributed by atoms with van der Waals surface area (Å²) in [4.78, 5) is 28.6. The van der Waals surface area contributed by atoms with Gasteiger partial charge in [-0.25, -0.2) is 17.9 Å². The number of para-hydroxylation sites is 2. The topological polar surface area (TPSA) is 105 Å². The molecule has 2 saturated heterocycles. The predicted molar refractivity (Wildman–Crippen MR) is 107 cm³/mol. The lowest BCUT2D eigenvalue weighted by Crippen LogP contribution is -2.53. The largest absolute Gasteiger partial charge is 0.339 e. The molecule has 2 aliphatic rings. The second kappa shape index (κ2) is 7.86. The first kappa shape index (κ1) is 19.4. The van der Waals surface area contributed by atoms with Gasteiger partial charge >= 0.3 is 6.03 Å². The van der Waals surface area contributed by atoms with Crippen molar-refractivity contribution in [2.45, 2.75) is 6.42 Å². The summed E-state index contributed by atoms with van der Waals surface area (Å²) in [6.45, 7) is 1.62. The van der Waals surface area contributed by atoms with Gasteiger partial charge in [-0.2, -0.15) is 5.10 Å². The Hall–Kier alpha value is -2.88. The number of carbonyl (C=O) groups excluding carboxylic acids is 2. The van der Waals surface area contributed by atoms with Gasteiger partial charge in [0.15, 0.2) is 9.84 Å². The van der Waals surface area contributed by atoms with Gasteiger partial charge in [0.1, 0.15) is 0 Å². The zero-order chi connectivity index (χ0) is 20.4. The Balaban J connectivity index is 1.35. The molecule has 3 heterocycles. The zero-order valence-corrected chi connectivity index (χ0v) is 16.7. The minimum absolute atomic E-state index is 0.0588. The number of hydrogen-bond donors (Lipinski definition) is 1. The quantitative estimate of drug-likeness (QED) is 0.802. The van der Waals surface area contributed by atoms with Crippen molar-refractivity contribution in [3.63, 3.8) is 0 Å². The maximum absolute atomic E-state index is 12.7. The molecule has 1 atom stereocenters. The summed E-state index contributed by atoms with van der Waals surface area (Å²) in [5.74, 6) is -0.533. The van der Waals surface area contributed by atoms with Crippen LogP contribution in [0.2, 0.25) is 0 Å². The third-order valence-corrected chi connectivity index (χ3v) is 7.13. The van der Waals surface area contributed by atoms with Crippen LogP contribution in [0.15, 0.2) is 42.7 Å². The molecular formula is C19H23N5O4S. The van der Waals surface area contributed by atoms with E-state index < -0.39 is 15.8 Å². The summed E-state index contributed by atoms with van der Waals surface area (Å²) in [5.41, 5.74) is 1.41. The van der Waals surface area contributed by atoms with E-state index >= 15 is 0 Å². The molecule has 0 unspecified atom stereocenters. The van der Waals surface area contributed by atoms with Crippen LogP contribution in [0.1, 0.15) is 6.42 Å². The van der Waals surface area contributed by atoms with E-state index in [0.29, 0.717) is 38.3 Å². The number of aromatic nitrogens is 2. The average molecular weight is 417 g/mol. The normalized spacial score (nSPS) is 21.2. The van der Waals surface area contributed by atoms with Crippen molar-refractivity contribution >= 4 is 27.5 Å². The van der Waals surface area contributed by atoms with Crippen molar-refractivity contribution in [3.8, 4) is 5.69 Å². The van der Waals surface area contributed by atoms with Gasteiger partial charge < -0.3 is 15.1 Å². The van der Waals surface area contributed by atoms with Crippen LogP contribution in [-0.2, 0) is 14.6 Å². The third kappa shape index (κ3) is 4.26. The highest BCUT2D eigenvalue weighted by Gasteiger charge is 2.36. The molecule has 1 N–H and O–H groups in total. The highest BCUT2D eigenvalue weighted by Crippen LogP contribution is 2.22. The fraction of sp³-hybridized carbons (Fsp3) is 0.421. The van der Waals surface area contributed by atoms with Gasteiger partial charge in [-0.05, 0) is 24.6 Å². The van der Waals surface area contributed by atoms with E-state index in [1.54, 1.807) is 26.9 Å². The third-order valence-electron chi connectivity index (χ3n) is 5.36. The Morgan fingerprint density at radius 1 is 1.03 bits per heavy atom. The Morgan fingerprint density at radius 2 is 1.76 bits per heavy atom. The number of piperazine rings is 1. The second-order valence-electron chi connectivity index (χ2n) is 7.31. The maximum Gasteiger partial charge on any atom is 0.322 e. The molecule has 2 aromatic rings. The van der Waals surface area contributed by atoms with Crippen molar-refractivity contribution < 1.29 is 18.0 Å². The van der Waals surface area contributed by atoms with Crippen LogP contribution in [0.3, 0.4) is 0 Å². The minimum Gasteiger partial charge on any atom is -0.339 e. The summed E-state index contributed by atoms with van der Waals surface area (Å²) >= 11 is 0. The molecule has 9 nitrogen and oxygen atoms in total. The van der Waals surface area contributed by atoms with Gasteiger partial charge in [-0.3, -0.25) is 4.79 Å². The van der Waals surface area contributed by atoms with Crippen LogP contribution in [-0.4, -0.2) is 77.6 Å². The van der Waals surface area contributed by atoms with Crippen molar-refractivity contribution in [1.29, 1.82) is 0 Å². The molecule has 0 saturated carbocycles. The molecule has 4 rings (SSSR count). The number of nitrogens with zero attached hydrogens (tertiary/aromatic N) is 4. The molecule has 3 amide bonds.